The van der Waals surface area contributed by atoms with Gasteiger partial charge in [-0.3, -0.25) is 19.4 Å². The Labute approximate surface area is 211 Å². The molecule has 7 nitrogen and oxygen atoms in total. The average Bonchev–Trinajstić information content (AvgIpc) is 3.55. The minimum absolute atomic E-state index is 0.153. The molecule has 0 bridgehead atoms. The number of rotatable bonds is 9. The maximum absolute atomic E-state index is 13.3. The summed E-state index contributed by atoms with van der Waals surface area (Å²) < 4.78 is 7.51. The second-order valence-corrected chi connectivity index (χ2v) is 9.20. The number of aryl methyl sites for hydroxylation is 2. The van der Waals surface area contributed by atoms with Gasteiger partial charge in [0.15, 0.2) is 5.69 Å². The zero-order valence-electron chi connectivity index (χ0n) is 20.6. The molecule has 0 atom stereocenters. The fraction of sp³-hybridized carbons (Fsp3) is 0.276. The van der Waals surface area contributed by atoms with Crippen molar-refractivity contribution in [2.45, 2.75) is 39.4 Å². The van der Waals surface area contributed by atoms with Crippen LogP contribution in [0.25, 0.3) is 6.08 Å². The fourth-order valence-corrected chi connectivity index (χ4v) is 4.70. The summed E-state index contributed by atoms with van der Waals surface area (Å²) in [6.07, 6.45) is 7.22. The van der Waals surface area contributed by atoms with Crippen LogP contribution < -0.4 is 5.32 Å². The number of carbonyl (C=O) groups excluding carboxylic acids is 1. The number of hydrogen-bond donors (Lipinski definition) is 1. The number of nitrogens with zero attached hydrogens (tertiary/aromatic N) is 4. The van der Waals surface area contributed by atoms with Crippen molar-refractivity contribution in [2.24, 2.45) is 0 Å². The summed E-state index contributed by atoms with van der Waals surface area (Å²) in [6, 6.07) is 20.0. The van der Waals surface area contributed by atoms with E-state index in [0.29, 0.717) is 18.8 Å². The SMILES string of the molecule is C/C(=C\c1ccco1)CN1CCc2c(c(C(=O)NCc3ccccn3)nn2CCc2ccccc2)C1. The van der Waals surface area contributed by atoms with Crippen molar-refractivity contribution < 1.29 is 9.21 Å². The van der Waals surface area contributed by atoms with E-state index in [9.17, 15) is 4.79 Å². The van der Waals surface area contributed by atoms with Gasteiger partial charge in [0, 0.05) is 50.1 Å². The van der Waals surface area contributed by atoms with Gasteiger partial charge in [-0.1, -0.05) is 42.0 Å². The van der Waals surface area contributed by atoms with E-state index < -0.39 is 0 Å². The topological polar surface area (TPSA) is 76.2 Å². The summed E-state index contributed by atoms with van der Waals surface area (Å²) in [7, 11) is 0. The predicted octanol–water partition coefficient (Wildman–Crippen LogP) is 4.51. The smallest absolute Gasteiger partial charge is 0.272 e. The summed E-state index contributed by atoms with van der Waals surface area (Å²) >= 11 is 0. The van der Waals surface area contributed by atoms with Gasteiger partial charge in [-0.25, -0.2) is 0 Å². The molecule has 7 heteroatoms. The number of furan rings is 1. The van der Waals surface area contributed by atoms with Gasteiger partial charge in [-0.15, -0.1) is 0 Å². The van der Waals surface area contributed by atoms with Crippen molar-refractivity contribution >= 4 is 12.0 Å². The van der Waals surface area contributed by atoms with Gasteiger partial charge in [0.25, 0.3) is 5.91 Å². The standard InChI is InChI=1S/C29H31N5O2/c1-22(18-25-11-7-17-36-25)20-33-15-13-27-26(21-33)28(29(35)31-19-24-10-5-6-14-30-24)32-34(27)16-12-23-8-3-2-4-9-23/h2-11,14,17-18H,12-13,15-16,19-21H2,1H3,(H,31,35)/b22-18+. The maximum atomic E-state index is 13.3. The zero-order valence-corrected chi connectivity index (χ0v) is 20.6. The Morgan fingerprint density at radius 1 is 1.11 bits per heavy atom. The molecule has 0 unspecified atom stereocenters. The van der Waals surface area contributed by atoms with Crippen LogP contribution in [0.2, 0.25) is 0 Å². The van der Waals surface area contributed by atoms with E-state index in [2.05, 4.69) is 52.5 Å². The lowest BCUT2D eigenvalue weighted by Gasteiger charge is -2.28. The summed E-state index contributed by atoms with van der Waals surface area (Å²) in [5.74, 6) is 0.702. The highest BCUT2D eigenvalue weighted by molar-refractivity contribution is 5.94. The second kappa shape index (κ2) is 11.2. The predicted molar refractivity (Wildman–Crippen MR) is 139 cm³/mol. The molecule has 1 amide bonds. The van der Waals surface area contributed by atoms with E-state index in [1.165, 1.54) is 11.1 Å². The molecule has 0 aliphatic carbocycles. The minimum Gasteiger partial charge on any atom is -0.465 e. The third kappa shape index (κ3) is 5.80. The van der Waals surface area contributed by atoms with Gasteiger partial charge in [0.2, 0.25) is 0 Å². The lowest BCUT2D eigenvalue weighted by molar-refractivity contribution is 0.0942. The summed E-state index contributed by atoms with van der Waals surface area (Å²) in [6.45, 7) is 5.65. The normalized spacial score (nSPS) is 14.0. The Hall–Kier alpha value is -3.97. The van der Waals surface area contributed by atoms with Gasteiger partial charge in [0.1, 0.15) is 5.76 Å². The Morgan fingerprint density at radius 2 is 1.97 bits per heavy atom. The van der Waals surface area contributed by atoms with Crippen LogP contribution in [0.3, 0.4) is 0 Å². The molecule has 0 fully saturated rings. The van der Waals surface area contributed by atoms with Crippen molar-refractivity contribution in [3.05, 3.63) is 113 Å². The van der Waals surface area contributed by atoms with E-state index in [1.807, 2.05) is 41.1 Å². The van der Waals surface area contributed by atoms with Crippen LogP contribution in [0.4, 0.5) is 0 Å². The monoisotopic (exact) mass is 481 g/mol. The second-order valence-electron chi connectivity index (χ2n) is 9.20. The van der Waals surface area contributed by atoms with Crippen LogP contribution in [0.5, 0.6) is 0 Å². The van der Waals surface area contributed by atoms with E-state index in [0.717, 1.165) is 55.2 Å². The number of hydrogen-bond acceptors (Lipinski definition) is 5. The summed E-state index contributed by atoms with van der Waals surface area (Å²) in [5.41, 5.74) is 6.01. The number of carbonyl (C=O) groups is 1. The Kier molecular flexibility index (Phi) is 7.38. The zero-order chi connectivity index (χ0) is 24.7. The number of amides is 1. The van der Waals surface area contributed by atoms with E-state index >= 15 is 0 Å². The first-order valence-electron chi connectivity index (χ1n) is 12.4. The quantitative estimate of drug-likeness (QED) is 0.381. The lowest BCUT2D eigenvalue weighted by Crippen LogP contribution is -2.33. The van der Waals surface area contributed by atoms with Crippen LogP contribution >= 0.6 is 0 Å². The molecule has 0 saturated heterocycles. The first-order chi connectivity index (χ1) is 17.7. The van der Waals surface area contributed by atoms with Crippen molar-refractivity contribution in [3.8, 4) is 0 Å². The molecule has 4 aromatic rings. The average molecular weight is 482 g/mol. The van der Waals surface area contributed by atoms with Crippen molar-refractivity contribution in [3.63, 3.8) is 0 Å². The van der Waals surface area contributed by atoms with Gasteiger partial charge in [0.05, 0.1) is 18.5 Å². The molecule has 36 heavy (non-hydrogen) atoms. The van der Waals surface area contributed by atoms with E-state index in [1.54, 1.807) is 12.5 Å². The van der Waals surface area contributed by atoms with E-state index in [-0.39, 0.29) is 5.91 Å². The number of aromatic nitrogens is 3. The van der Waals surface area contributed by atoms with Gasteiger partial charge >= 0.3 is 0 Å². The molecule has 1 aliphatic heterocycles. The highest BCUT2D eigenvalue weighted by Crippen LogP contribution is 2.24. The number of pyridine rings is 1. The van der Waals surface area contributed by atoms with Crippen LogP contribution in [-0.4, -0.2) is 38.7 Å². The lowest BCUT2D eigenvalue weighted by atomic mass is 10.0. The number of benzene rings is 1. The molecule has 3 aromatic heterocycles. The number of fused-ring (bicyclic) bond motifs is 1. The Balaban J connectivity index is 1.34. The third-order valence-corrected chi connectivity index (χ3v) is 6.44. The fourth-order valence-electron chi connectivity index (χ4n) is 4.70. The molecule has 0 spiro atoms. The van der Waals surface area contributed by atoms with Crippen LogP contribution in [-0.2, 0) is 32.5 Å². The highest BCUT2D eigenvalue weighted by atomic mass is 16.3. The van der Waals surface area contributed by atoms with Gasteiger partial charge in [-0.05, 0) is 49.2 Å². The van der Waals surface area contributed by atoms with Crippen molar-refractivity contribution in [2.75, 3.05) is 13.1 Å². The molecule has 1 N–H and O–H groups in total. The molecule has 1 aromatic carbocycles. The van der Waals surface area contributed by atoms with Gasteiger partial charge in [-0.2, -0.15) is 5.10 Å². The largest absolute Gasteiger partial charge is 0.465 e. The van der Waals surface area contributed by atoms with Crippen molar-refractivity contribution in [1.29, 1.82) is 0 Å². The van der Waals surface area contributed by atoms with Gasteiger partial charge < -0.3 is 9.73 Å². The molecule has 0 radical (unpaired) electrons. The van der Waals surface area contributed by atoms with Crippen molar-refractivity contribution in [1.82, 2.24) is 25.0 Å². The summed E-state index contributed by atoms with van der Waals surface area (Å²) in [4.78, 5) is 19.9. The molecule has 0 saturated carbocycles. The van der Waals surface area contributed by atoms with Crippen LogP contribution in [0.15, 0.2) is 83.1 Å². The maximum Gasteiger partial charge on any atom is 0.272 e. The molecule has 1 aliphatic rings. The Bertz CT molecular complexity index is 1310. The molecule has 4 heterocycles. The Morgan fingerprint density at radius 3 is 2.75 bits per heavy atom. The molecular weight excluding hydrogens is 450 g/mol. The highest BCUT2D eigenvalue weighted by Gasteiger charge is 2.28. The first-order valence-corrected chi connectivity index (χ1v) is 12.4. The van der Waals surface area contributed by atoms with E-state index in [4.69, 9.17) is 9.52 Å². The third-order valence-electron chi connectivity index (χ3n) is 6.44. The first kappa shape index (κ1) is 23.8. The number of nitrogens with one attached hydrogen (secondary N) is 1. The molecule has 184 valence electrons. The molecular formula is C29H31N5O2. The summed E-state index contributed by atoms with van der Waals surface area (Å²) in [5, 5.41) is 7.84. The van der Waals surface area contributed by atoms with Crippen LogP contribution in [0.1, 0.15) is 45.7 Å². The van der Waals surface area contributed by atoms with Crippen LogP contribution in [0, 0.1) is 0 Å². The minimum atomic E-state index is -0.153. The molecule has 5 rings (SSSR count).